The molecule has 1 saturated carbocycles. The van der Waals surface area contributed by atoms with Gasteiger partial charge in [0.15, 0.2) is 11.5 Å². The summed E-state index contributed by atoms with van der Waals surface area (Å²) in [5, 5.41) is 14.4. The molecule has 0 saturated heterocycles. The van der Waals surface area contributed by atoms with Crippen molar-refractivity contribution in [3.63, 3.8) is 0 Å². The number of nitrogens with one attached hydrogen (secondary N) is 1. The van der Waals surface area contributed by atoms with Gasteiger partial charge in [-0.15, -0.1) is 0 Å². The van der Waals surface area contributed by atoms with Crippen LogP contribution in [0.15, 0.2) is 48.7 Å². The lowest BCUT2D eigenvalue weighted by molar-refractivity contribution is -0.144. The van der Waals surface area contributed by atoms with Crippen molar-refractivity contribution in [1.82, 2.24) is 4.98 Å². The molecule has 3 aliphatic carbocycles. The van der Waals surface area contributed by atoms with Crippen LogP contribution in [0.4, 0.5) is 10.1 Å². The van der Waals surface area contributed by atoms with Crippen molar-refractivity contribution >= 4 is 23.3 Å². The molecule has 4 atom stereocenters. The van der Waals surface area contributed by atoms with Gasteiger partial charge >= 0.3 is 5.97 Å². The predicted molar refractivity (Wildman–Crippen MR) is 170 cm³/mol. The van der Waals surface area contributed by atoms with E-state index in [9.17, 15) is 14.3 Å². The largest absolute Gasteiger partial charge is 0.493 e. The molecule has 238 valence electrons. The van der Waals surface area contributed by atoms with Crippen molar-refractivity contribution in [2.75, 3.05) is 18.7 Å². The number of aliphatic carboxylic acids is 1. The number of ether oxygens (including phenoxy) is 3. The number of hydrogen-bond acceptors (Lipinski definition) is 6. The van der Waals surface area contributed by atoms with E-state index in [4.69, 9.17) is 25.8 Å². The number of carboxylic acid groups (broad SMARTS) is 1. The molecule has 1 unspecified atom stereocenters. The number of pyridine rings is 1. The van der Waals surface area contributed by atoms with Crippen LogP contribution in [0.1, 0.15) is 93.3 Å². The summed E-state index contributed by atoms with van der Waals surface area (Å²) in [7, 11) is 0. The highest BCUT2D eigenvalue weighted by Gasteiger charge is 2.54. The van der Waals surface area contributed by atoms with Gasteiger partial charge in [-0.25, -0.2) is 9.18 Å². The van der Waals surface area contributed by atoms with Crippen LogP contribution in [0.25, 0.3) is 0 Å². The van der Waals surface area contributed by atoms with E-state index in [0.717, 1.165) is 54.9 Å². The van der Waals surface area contributed by atoms with Crippen LogP contribution < -0.4 is 19.5 Å². The average molecular weight is 635 g/mol. The fraction of sp³-hybridized carbons (Fsp3) is 0.500. The summed E-state index contributed by atoms with van der Waals surface area (Å²) >= 11 is 6.23. The molecule has 4 aliphatic rings. The molecule has 45 heavy (non-hydrogen) atoms. The van der Waals surface area contributed by atoms with E-state index in [1.807, 2.05) is 18.2 Å². The molecule has 7 rings (SSSR count). The molecule has 3 aromatic rings. The summed E-state index contributed by atoms with van der Waals surface area (Å²) in [6.07, 6.45) is 6.13. The first-order valence-corrected chi connectivity index (χ1v) is 16.5. The highest BCUT2D eigenvalue weighted by atomic mass is 35.5. The maximum absolute atomic E-state index is 14.7. The number of fused-ring (bicyclic) bond motifs is 4. The quantitative estimate of drug-likeness (QED) is 0.257. The van der Waals surface area contributed by atoms with Gasteiger partial charge in [0, 0.05) is 22.5 Å². The molecule has 7 nitrogen and oxygen atoms in total. The van der Waals surface area contributed by atoms with Gasteiger partial charge in [-0.1, -0.05) is 31.5 Å². The van der Waals surface area contributed by atoms with Crippen molar-refractivity contribution in [3.8, 4) is 17.2 Å². The molecule has 2 heterocycles. The zero-order chi connectivity index (χ0) is 31.3. The minimum absolute atomic E-state index is 0.189. The van der Waals surface area contributed by atoms with Crippen LogP contribution in [0.2, 0.25) is 5.02 Å². The number of benzene rings is 2. The maximum atomic E-state index is 14.7. The van der Waals surface area contributed by atoms with Gasteiger partial charge < -0.3 is 24.6 Å². The van der Waals surface area contributed by atoms with E-state index in [-0.39, 0.29) is 24.0 Å². The van der Waals surface area contributed by atoms with E-state index in [2.05, 4.69) is 36.3 Å². The monoisotopic (exact) mass is 634 g/mol. The minimum Gasteiger partial charge on any atom is -0.493 e. The fourth-order valence-corrected chi connectivity index (χ4v) is 8.64. The molecule has 1 aromatic heterocycles. The third-order valence-corrected chi connectivity index (χ3v) is 11.1. The van der Waals surface area contributed by atoms with Crippen LogP contribution in [-0.2, 0) is 16.6 Å². The zero-order valence-corrected chi connectivity index (χ0v) is 26.5. The topological polar surface area (TPSA) is 89.9 Å². The zero-order valence-electron chi connectivity index (χ0n) is 25.8. The third kappa shape index (κ3) is 5.39. The highest BCUT2D eigenvalue weighted by Crippen LogP contribution is 2.58. The summed E-state index contributed by atoms with van der Waals surface area (Å²) < 4.78 is 32.6. The molecule has 1 aliphatic heterocycles. The molecular formula is C36H40ClFN2O5. The van der Waals surface area contributed by atoms with E-state index >= 15 is 0 Å². The predicted octanol–water partition coefficient (Wildman–Crippen LogP) is 8.40. The maximum Gasteiger partial charge on any atom is 0.329 e. The molecule has 1 fully saturated rings. The Balaban J connectivity index is 1.13. The van der Waals surface area contributed by atoms with Crippen LogP contribution in [0.5, 0.6) is 17.2 Å². The minimum atomic E-state index is -1.08. The van der Waals surface area contributed by atoms with Crippen LogP contribution in [0.3, 0.4) is 0 Å². The third-order valence-electron chi connectivity index (χ3n) is 10.8. The summed E-state index contributed by atoms with van der Waals surface area (Å²) in [6, 6.07) is 13.4. The van der Waals surface area contributed by atoms with E-state index in [0.29, 0.717) is 48.2 Å². The summed E-state index contributed by atoms with van der Waals surface area (Å²) in [4.78, 5) is 17.2. The Morgan fingerprint density at radius 3 is 2.69 bits per heavy atom. The number of carboxylic acids is 1. The summed E-state index contributed by atoms with van der Waals surface area (Å²) in [6.45, 7) is 5.06. The van der Waals surface area contributed by atoms with Crippen molar-refractivity contribution in [2.24, 2.45) is 11.8 Å². The summed E-state index contributed by atoms with van der Waals surface area (Å²) in [5.74, 6) is 2.18. The second kappa shape index (κ2) is 11.7. The molecular weight excluding hydrogens is 595 g/mol. The van der Waals surface area contributed by atoms with Crippen molar-refractivity contribution in [1.29, 1.82) is 0 Å². The average Bonchev–Trinajstić information content (AvgIpc) is 3.59. The lowest BCUT2D eigenvalue weighted by Gasteiger charge is -2.47. The first kappa shape index (κ1) is 30.2. The Morgan fingerprint density at radius 2 is 1.93 bits per heavy atom. The summed E-state index contributed by atoms with van der Waals surface area (Å²) in [5.41, 5.74) is 3.39. The van der Waals surface area contributed by atoms with Gasteiger partial charge in [-0.2, -0.15) is 0 Å². The molecule has 2 aromatic carbocycles. The molecule has 9 heteroatoms. The van der Waals surface area contributed by atoms with E-state index in [1.54, 1.807) is 18.3 Å². The van der Waals surface area contributed by atoms with Gasteiger partial charge in [0.2, 0.25) is 6.79 Å². The molecule has 0 radical (unpaired) electrons. The Labute approximate surface area is 268 Å². The number of alkyl halides is 1. The highest BCUT2D eigenvalue weighted by molar-refractivity contribution is 6.30. The SMILES string of the molecule is C[C@@H](COc1ccnc2c1[C@H](C)CC[C@H]2F)CC1Cc2cc3c(cc2C12CCC(Nc1cccc(Cl)c1)(C(=O)O)CC2)OCO3. The van der Waals surface area contributed by atoms with Crippen molar-refractivity contribution < 1.29 is 28.5 Å². The Hall–Kier alpha value is -3.52. The van der Waals surface area contributed by atoms with E-state index < -0.39 is 17.7 Å². The second-order valence-electron chi connectivity index (χ2n) is 13.6. The smallest absolute Gasteiger partial charge is 0.329 e. The standard InChI is InChI=1S/C36H40ClFN2O5/c1-21(19-43-29-8-13-39-33-28(38)7-6-22(2)32(29)33)14-24-15-23-16-30-31(45-20-44-30)18-27(23)35(24)9-11-36(12-10-35,34(41)42)40-26-5-3-4-25(37)17-26/h3-5,8,13,16-18,21-22,24,28,40H,6-7,9-12,14-15,19-20H2,1-2H3,(H,41,42)/t21-,22-,24?,28-,35?,36?/m1/s1. The normalized spacial score (nSPS) is 28.8. The van der Waals surface area contributed by atoms with Gasteiger partial charge in [-0.3, -0.25) is 4.98 Å². The molecule has 0 bridgehead atoms. The number of hydrogen-bond donors (Lipinski definition) is 2. The first-order valence-electron chi connectivity index (χ1n) is 16.1. The van der Waals surface area contributed by atoms with Gasteiger partial charge in [0.05, 0.1) is 12.3 Å². The lowest BCUT2D eigenvalue weighted by atomic mass is 9.59. The van der Waals surface area contributed by atoms with Crippen LogP contribution >= 0.6 is 11.6 Å². The Kier molecular flexibility index (Phi) is 7.83. The Bertz CT molecular complexity index is 1610. The number of anilines is 1. The second-order valence-corrected chi connectivity index (χ2v) is 14.1. The van der Waals surface area contributed by atoms with Crippen molar-refractivity contribution in [3.05, 3.63) is 76.1 Å². The van der Waals surface area contributed by atoms with Gasteiger partial charge in [0.25, 0.3) is 0 Å². The molecule has 0 amide bonds. The van der Waals surface area contributed by atoms with Gasteiger partial charge in [0.1, 0.15) is 17.5 Å². The molecule has 2 N–H and O–H groups in total. The van der Waals surface area contributed by atoms with Crippen LogP contribution in [0, 0.1) is 11.8 Å². The number of rotatable bonds is 8. The van der Waals surface area contributed by atoms with Gasteiger partial charge in [-0.05, 0) is 122 Å². The number of nitrogens with zero attached hydrogens (tertiary/aromatic N) is 1. The fourth-order valence-electron chi connectivity index (χ4n) is 8.45. The Morgan fingerprint density at radius 1 is 1.16 bits per heavy atom. The van der Waals surface area contributed by atoms with E-state index in [1.165, 1.54) is 11.1 Å². The first-order chi connectivity index (χ1) is 21.7. The number of aromatic nitrogens is 1. The van der Waals surface area contributed by atoms with Crippen LogP contribution in [-0.4, -0.2) is 35.0 Å². The van der Waals surface area contributed by atoms with Crippen molar-refractivity contribution in [2.45, 2.75) is 88.3 Å². The number of halogens is 2. The lowest BCUT2D eigenvalue weighted by Crippen LogP contribution is -2.53. The molecule has 1 spiro atoms. The number of carbonyl (C=O) groups is 1.